The van der Waals surface area contributed by atoms with Gasteiger partial charge in [0, 0.05) is 6.42 Å². The molecule has 44 valence electrons. The Balaban J connectivity index is 2.92. The molecule has 0 fully saturated rings. The van der Waals surface area contributed by atoms with Gasteiger partial charge in [0.25, 0.3) is 0 Å². The number of rotatable bonds is 1. The molecule has 0 saturated carbocycles. The molecule has 0 spiro atoms. The lowest BCUT2D eigenvalue weighted by Crippen LogP contribution is -1.98. The second-order valence-electron chi connectivity index (χ2n) is 1.42. The Kier molecular flexibility index (Phi) is 1.15. The Morgan fingerprint density at radius 1 is 1.88 bits per heavy atom. The summed E-state index contributed by atoms with van der Waals surface area (Å²) in [6.07, 6.45) is 2.02. The summed E-state index contributed by atoms with van der Waals surface area (Å²) < 4.78 is 0. The average Bonchev–Trinajstić information content (AvgIpc) is 2.14. The first-order valence-corrected chi connectivity index (χ1v) is 2.42. The fourth-order valence-electron chi connectivity index (χ4n) is 0.492. The summed E-state index contributed by atoms with van der Waals surface area (Å²) in [5.74, 6) is 0.588. The zero-order valence-corrected chi connectivity index (χ0v) is 4.57. The maximum Gasteiger partial charge on any atom is 0.167 e. The Bertz CT molecular complexity index is 172. The largest absolute Gasteiger partial charge is 0.410 e. The Morgan fingerprint density at radius 2 is 2.62 bits per heavy atom. The minimum atomic E-state index is 0.588. The van der Waals surface area contributed by atoms with Crippen LogP contribution in [0.5, 0.6) is 0 Å². The first-order valence-electron chi connectivity index (χ1n) is 2.42. The molecule has 1 rings (SSSR count). The molecule has 0 radical (unpaired) electrons. The van der Waals surface area contributed by atoms with Crippen LogP contribution < -0.4 is 0 Å². The van der Waals surface area contributed by atoms with E-state index in [1.54, 1.807) is 0 Å². The molecular formula is C4H7N3O. The van der Waals surface area contributed by atoms with Crippen LogP contribution in [0, 0.1) is 0 Å². The molecule has 0 bridgehead atoms. The molecule has 1 heterocycles. The third-order valence-electron chi connectivity index (χ3n) is 0.915. The molecule has 0 aliphatic carbocycles. The van der Waals surface area contributed by atoms with Crippen molar-refractivity contribution in [1.29, 1.82) is 0 Å². The van der Waals surface area contributed by atoms with Gasteiger partial charge >= 0.3 is 0 Å². The molecule has 0 aliphatic rings. The SMILES string of the molecule is CCc1ncnn1O. The lowest BCUT2D eigenvalue weighted by Gasteiger charge is -1.88. The third-order valence-corrected chi connectivity index (χ3v) is 0.915. The summed E-state index contributed by atoms with van der Waals surface area (Å²) >= 11 is 0. The van der Waals surface area contributed by atoms with Gasteiger partial charge in [-0.2, -0.15) is 0 Å². The summed E-state index contributed by atoms with van der Waals surface area (Å²) in [6, 6.07) is 0. The lowest BCUT2D eigenvalue weighted by atomic mass is 10.5. The molecule has 1 aromatic heterocycles. The van der Waals surface area contributed by atoms with E-state index in [1.165, 1.54) is 6.33 Å². The maximum atomic E-state index is 8.69. The highest BCUT2D eigenvalue weighted by Crippen LogP contribution is 1.87. The number of aryl methyl sites for hydroxylation is 1. The molecule has 4 heteroatoms. The van der Waals surface area contributed by atoms with Crippen LogP contribution in [-0.2, 0) is 6.42 Å². The normalized spacial score (nSPS) is 9.62. The second-order valence-corrected chi connectivity index (χ2v) is 1.42. The molecule has 0 aromatic carbocycles. The van der Waals surface area contributed by atoms with Crippen molar-refractivity contribution < 1.29 is 5.21 Å². The molecule has 0 saturated heterocycles. The van der Waals surface area contributed by atoms with Crippen LogP contribution >= 0.6 is 0 Å². The summed E-state index contributed by atoms with van der Waals surface area (Å²) in [4.78, 5) is 4.51. The van der Waals surface area contributed by atoms with Crippen molar-refractivity contribution in [2.24, 2.45) is 0 Å². The molecule has 1 N–H and O–H groups in total. The van der Waals surface area contributed by atoms with Crippen molar-refractivity contribution in [2.45, 2.75) is 13.3 Å². The smallest absolute Gasteiger partial charge is 0.167 e. The predicted molar refractivity (Wildman–Crippen MR) is 26.6 cm³/mol. The lowest BCUT2D eigenvalue weighted by molar-refractivity contribution is 0.139. The van der Waals surface area contributed by atoms with Gasteiger partial charge in [0.1, 0.15) is 6.33 Å². The predicted octanol–water partition coefficient (Wildman–Crippen LogP) is 0.0778. The summed E-state index contributed by atoms with van der Waals surface area (Å²) in [5, 5.41) is 12.1. The highest BCUT2D eigenvalue weighted by molar-refractivity contribution is 4.78. The van der Waals surface area contributed by atoms with Crippen molar-refractivity contribution in [1.82, 2.24) is 14.9 Å². The quantitative estimate of drug-likeness (QED) is 0.524. The topological polar surface area (TPSA) is 50.9 Å². The summed E-state index contributed by atoms with van der Waals surface area (Å²) in [5.41, 5.74) is 0. The van der Waals surface area contributed by atoms with Gasteiger partial charge in [0.05, 0.1) is 0 Å². The van der Waals surface area contributed by atoms with Crippen LogP contribution in [-0.4, -0.2) is 20.1 Å². The van der Waals surface area contributed by atoms with E-state index in [1.807, 2.05) is 6.92 Å². The highest BCUT2D eigenvalue weighted by atomic mass is 16.5. The van der Waals surface area contributed by atoms with E-state index in [-0.39, 0.29) is 0 Å². The van der Waals surface area contributed by atoms with Gasteiger partial charge in [-0.15, -0.1) is 5.10 Å². The number of nitrogens with zero attached hydrogens (tertiary/aromatic N) is 3. The molecule has 1 aromatic rings. The van der Waals surface area contributed by atoms with Crippen LogP contribution in [0.3, 0.4) is 0 Å². The molecule has 8 heavy (non-hydrogen) atoms. The standard InChI is InChI=1S/C4H7N3O/c1-2-4-5-3-6-7(4)8/h3,8H,2H2,1H3. The van der Waals surface area contributed by atoms with Gasteiger partial charge in [-0.05, 0) is 0 Å². The Hall–Kier alpha value is -1.06. The monoisotopic (exact) mass is 113 g/mol. The van der Waals surface area contributed by atoms with E-state index < -0.39 is 0 Å². The number of hydrogen-bond donors (Lipinski definition) is 1. The van der Waals surface area contributed by atoms with E-state index in [0.717, 1.165) is 4.85 Å². The fourth-order valence-corrected chi connectivity index (χ4v) is 0.492. The second kappa shape index (κ2) is 1.81. The van der Waals surface area contributed by atoms with E-state index in [9.17, 15) is 0 Å². The number of aromatic nitrogens is 3. The molecule has 4 nitrogen and oxygen atoms in total. The van der Waals surface area contributed by atoms with Gasteiger partial charge in [-0.3, -0.25) is 0 Å². The molecular weight excluding hydrogens is 106 g/mol. The van der Waals surface area contributed by atoms with Crippen molar-refractivity contribution in [3.63, 3.8) is 0 Å². The number of hydrogen-bond acceptors (Lipinski definition) is 3. The van der Waals surface area contributed by atoms with Crippen LogP contribution in [0.4, 0.5) is 0 Å². The van der Waals surface area contributed by atoms with Gasteiger partial charge in [0.15, 0.2) is 5.82 Å². The van der Waals surface area contributed by atoms with E-state index in [2.05, 4.69) is 10.1 Å². The Morgan fingerprint density at radius 3 is 2.88 bits per heavy atom. The van der Waals surface area contributed by atoms with Crippen molar-refractivity contribution in [3.05, 3.63) is 12.2 Å². The van der Waals surface area contributed by atoms with Gasteiger partial charge < -0.3 is 5.21 Å². The van der Waals surface area contributed by atoms with E-state index >= 15 is 0 Å². The minimum Gasteiger partial charge on any atom is -0.410 e. The zero-order chi connectivity index (χ0) is 5.98. The van der Waals surface area contributed by atoms with Crippen LogP contribution in [0.15, 0.2) is 6.33 Å². The first kappa shape index (κ1) is 5.08. The van der Waals surface area contributed by atoms with Gasteiger partial charge in [-0.25, -0.2) is 4.98 Å². The Labute approximate surface area is 46.7 Å². The molecule has 0 aliphatic heterocycles. The van der Waals surface area contributed by atoms with Crippen LogP contribution in [0.25, 0.3) is 0 Å². The molecule has 0 amide bonds. The van der Waals surface area contributed by atoms with Gasteiger partial charge in [-0.1, -0.05) is 11.8 Å². The van der Waals surface area contributed by atoms with E-state index in [4.69, 9.17) is 5.21 Å². The minimum absolute atomic E-state index is 0.588. The van der Waals surface area contributed by atoms with Gasteiger partial charge in [0.2, 0.25) is 0 Å². The van der Waals surface area contributed by atoms with Crippen molar-refractivity contribution in [3.8, 4) is 0 Å². The van der Waals surface area contributed by atoms with Crippen molar-refractivity contribution in [2.75, 3.05) is 0 Å². The molecule has 0 unspecified atom stereocenters. The summed E-state index contributed by atoms with van der Waals surface area (Å²) in [6.45, 7) is 1.90. The third kappa shape index (κ3) is 0.641. The first-order chi connectivity index (χ1) is 3.84. The fraction of sp³-hybridized carbons (Fsp3) is 0.500. The molecule has 0 atom stereocenters. The van der Waals surface area contributed by atoms with E-state index in [0.29, 0.717) is 12.2 Å². The van der Waals surface area contributed by atoms with Crippen LogP contribution in [0.2, 0.25) is 0 Å². The summed E-state index contributed by atoms with van der Waals surface area (Å²) in [7, 11) is 0. The zero-order valence-electron chi connectivity index (χ0n) is 4.57. The van der Waals surface area contributed by atoms with Crippen molar-refractivity contribution >= 4 is 0 Å². The van der Waals surface area contributed by atoms with Crippen LogP contribution in [0.1, 0.15) is 12.7 Å². The highest BCUT2D eigenvalue weighted by Gasteiger charge is 1.94. The average molecular weight is 113 g/mol. The maximum absolute atomic E-state index is 8.69.